The number of nitrogens with one attached hydrogen (secondary N) is 1. The van der Waals surface area contributed by atoms with E-state index in [1.165, 1.54) is 6.26 Å². The van der Waals surface area contributed by atoms with Crippen molar-refractivity contribution in [1.29, 1.82) is 0 Å². The number of anilines is 1. The van der Waals surface area contributed by atoms with Gasteiger partial charge >= 0.3 is 0 Å². The predicted molar refractivity (Wildman–Crippen MR) is 91.6 cm³/mol. The number of nitrogens with zero attached hydrogens (tertiary/aromatic N) is 3. The Bertz CT molecular complexity index is 815. The summed E-state index contributed by atoms with van der Waals surface area (Å²) in [4.78, 5) is 2.23. The quantitative estimate of drug-likeness (QED) is 0.858. The second-order valence-electron chi connectivity index (χ2n) is 6.33. The van der Waals surface area contributed by atoms with Crippen LogP contribution < -0.4 is 4.90 Å². The molecule has 22 heavy (non-hydrogen) atoms. The number of benzene rings is 1. The van der Waals surface area contributed by atoms with E-state index in [0.29, 0.717) is 19.6 Å². The molecule has 0 saturated carbocycles. The number of sulfonamides is 1. The van der Waals surface area contributed by atoms with Crippen LogP contribution in [0.15, 0.2) is 22.8 Å². The summed E-state index contributed by atoms with van der Waals surface area (Å²) in [6.07, 6.45) is 3.09. The van der Waals surface area contributed by atoms with Crippen LogP contribution in [-0.4, -0.2) is 54.3 Å². The Labute approximate surface area is 138 Å². The first-order valence-electron chi connectivity index (χ1n) is 7.04. The average molecular weight is 387 g/mol. The second kappa shape index (κ2) is 5.21. The minimum Gasteiger partial charge on any atom is -0.368 e. The zero-order chi connectivity index (χ0) is 16.1. The highest BCUT2D eigenvalue weighted by Crippen LogP contribution is 2.33. The molecule has 1 aliphatic rings. The number of hydrogen-bond acceptors (Lipinski definition) is 4. The second-order valence-corrected chi connectivity index (χ2v) is 9.15. The highest BCUT2D eigenvalue weighted by Gasteiger charge is 2.39. The van der Waals surface area contributed by atoms with Crippen LogP contribution >= 0.6 is 15.9 Å². The van der Waals surface area contributed by atoms with Crippen molar-refractivity contribution >= 4 is 42.5 Å². The van der Waals surface area contributed by atoms with Gasteiger partial charge in [-0.25, -0.2) is 8.42 Å². The number of fused-ring (bicyclic) bond motifs is 1. The number of H-pyrrole nitrogens is 1. The van der Waals surface area contributed by atoms with Crippen molar-refractivity contribution in [3.8, 4) is 0 Å². The minimum atomic E-state index is -3.20. The summed E-state index contributed by atoms with van der Waals surface area (Å²) >= 11 is 3.53. The fourth-order valence-electron chi connectivity index (χ4n) is 3.22. The summed E-state index contributed by atoms with van der Waals surface area (Å²) in [6, 6.07) is 4.05. The minimum absolute atomic E-state index is 0.454. The number of rotatable bonds is 2. The standard InChI is InChI=1S/C14H19BrN4O2S/c1-14(2)9-18(4-5-19(14)22(3,20)21)13-7-10(15)6-12-11(13)8-16-17-12/h6-8H,4-5,9H2,1-3H3,(H,16,17). The van der Waals surface area contributed by atoms with Crippen LogP contribution in [0.1, 0.15) is 13.8 Å². The number of hydrogen-bond donors (Lipinski definition) is 1. The molecule has 1 aromatic heterocycles. The summed E-state index contributed by atoms with van der Waals surface area (Å²) in [5.74, 6) is 0. The molecular weight excluding hydrogens is 368 g/mol. The van der Waals surface area contributed by atoms with Crippen molar-refractivity contribution in [3.63, 3.8) is 0 Å². The van der Waals surface area contributed by atoms with Crippen LogP contribution in [0.5, 0.6) is 0 Å². The third-order valence-corrected chi connectivity index (χ3v) is 6.00. The zero-order valence-corrected chi connectivity index (χ0v) is 15.2. The summed E-state index contributed by atoms with van der Waals surface area (Å²) in [5, 5.41) is 8.14. The van der Waals surface area contributed by atoms with E-state index in [1.54, 1.807) is 4.31 Å². The Balaban J connectivity index is 1.99. The average Bonchev–Trinajstić information content (AvgIpc) is 2.82. The molecule has 0 bridgehead atoms. The molecular formula is C14H19BrN4O2S. The molecule has 1 aliphatic heterocycles. The first-order valence-corrected chi connectivity index (χ1v) is 9.68. The lowest BCUT2D eigenvalue weighted by Gasteiger charge is -2.46. The maximum atomic E-state index is 12.0. The molecule has 3 rings (SSSR count). The highest BCUT2D eigenvalue weighted by molar-refractivity contribution is 9.10. The Morgan fingerprint density at radius 2 is 2.05 bits per heavy atom. The van der Waals surface area contributed by atoms with Crippen molar-refractivity contribution in [1.82, 2.24) is 14.5 Å². The molecule has 120 valence electrons. The molecule has 0 aliphatic carbocycles. The highest BCUT2D eigenvalue weighted by atomic mass is 79.9. The van der Waals surface area contributed by atoms with Crippen LogP contribution in [0.25, 0.3) is 10.9 Å². The van der Waals surface area contributed by atoms with E-state index in [4.69, 9.17) is 0 Å². The smallest absolute Gasteiger partial charge is 0.211 e. The van der Waals surface area contributed by atoms with E-state index < -0.39 is 15.6 Å². The molecule has 0 atom stereocenters. The largest absolute Gasteiger partial charge is 0.368 e. The SMILES string of the molecule is CC1(C)CN(c2cc(Br)cc3[nH]ncc23)CCN1S(C)(=O)=O. The Morgan fingerprint density at radius 1 is 1.32 bits per heavy atom. The molecule has 2 heterocycles. The van der Waals surface area contributed by atoms with Gasteiger partial charge in [0.25, 0.3) is 0 Å². The molecule has 1 aromatic carbocycles. The molecule has 8 heteroatoms. The van der Waals surface area contributed by atoms with Crippen LogP contribution in [-0.2, 0) is 10.0 Å². The van der Waals surface area contributed by atoms with Crippen molar-refractivity contribution in [2.45, 2.75) is 19.4 Å². The van der Waals surface area contributed by atoms with Gasteiger partial charge in [-0.1, -0.05) is 15.9 Å². The monoisotopic (exact) mass is 386 g/mol. The molecule has 6 nitrogen and oxygen atoms in total. The lowest BCUT2D eigenvalue weighted by Crippen LogP contribution is -2.60. The lowest BCUT2D eigenvalue weighted by atomic mass is 10.0. The normalized spacial score (nSPS) is 19.7. The summed E-state index contributed by atoms with van der Waals surface area (Å²) in [7, 11) is -3.20. The maximum absolute atomic E-state index is 12.0. The summed E-state index contributed by atoms with van der Waals surface area (Å²) < 4.78 is 26.5. The molecule has 1 fully saturated rings. The van der Waals surface area contributed by atoms with Crippen molar-refractivity contribution in [3.05, 3.63) is 22.8 Å². The summed E-state index contributed by atoms with van der Waals surface area (Å²) in [6.45, 7) is 5.71. The van der Waals surface area contributed by atoms with E-state index in [-0.39, 0.29) is 0 Å². The summed E-state index contributed by atoms with van der Waals surface area (Å²) in [5.41, 5.74) is 1.58. The Hall–Kier alpha value is -1.12. The van der Waals surface area contributed by atoms with Crippen molar-refractivity contribution in [2.24, 2.45) is 0 Å². The van der Waals surface area contributed by atoms with Crippen molar-refractivity contribution < 1.29 is 8.42 Å². The molecule has 1 N–H and O–H groups in total. The van der Waals surface area contributed by atoms with Gasteiger partial charge in [-0.05, 0) is 26.0 Å². The predicted octanol–water partition coefficient (Wildman–Crippen LogP) is 2.19. The molecule has 0 radical (unpaired) electrons. The number of piperazine rings is 1. The lowest BCUT2D eigenvalue weighted by molar-refractivity contribution is 0.206. The first-order chi connectivity index (χ1) is 10.2. The maximum Gasteiger partial charge on any atom is 0.211 e. The van der Waals surface area contributed by atoms with Crippen molar-refractivity contribution in [2.75, 3.05) is 30.8 Å². The molecule has 1 saturated heterocycles. The first kappa shape index (κ1) is 15.8. The number of halogens is 1. The molecule has 0 unspecified atom stereocenters. The zero-order valence-electron chi connectivity index (χ0n) is 12.8. The fraction of sp³-hybridized carbons (Fsp3) is 0.500. The van der Waals surface area contributed by atoms with Gasteiger partial charge in [0, 0.05) is 40.7 Å². The van der Waals surface area contributed by atoms with E-state index in [9.17, 15) is 8.42 Å². The van der Waals surface area contributed by atoms with Crippen LogP contribution in [0, 0.1) is 0 Å². The topological polar surface area (TPSA) is 69.3 Å². The van der Waals surface area contributed by atoms with E-state index >= 15 is 0 Å². The van der Waals surface area contributed by atoms with Crippen LogP contribution in [0.3, 0.4) is 0 Å². The van der Waals surface area contributed by atoms with Gasteiger partial charge in [-0.2, -0.15) is 9.40 Å². The Morgan fingerprint density at radius 3 is 2.68 bits per heavy atom. The van der Waals surface area contributed by atoms with Gasteiger partial charge in [-0.3, -0.25) is 5.10 Å². The molecule has 0 amide bonds. The van der Waals surface area contributed by atoms with Gasteiger partial charge < -0.3 is 4.90 Å². The van der Waals surface area contributed by atoms with Gasteiger partial charge in [0.05, 0.1) is 18.0 Å². The van der Waals surface area contributed by atoms with Crippen LogP contribution in [0.4, 0.5) is 5.69 Å². The number of aromatic nitrogens is 2. The third kappa shape index (κ3) is 2.75. The Kier molecular flexibility index (Phi) is 3.73. The van der Waals surface area contributed by atoms with E-state index in [1.807, 2.05) is 26.1 Å². The van der Waals surface area contributed by atoms with Gasteiger partial charge in [0.1, 0.15) is 0 Å². The third-order valence-electron chi connectivity index (χ3n) is 4.07. The van der Waals surface area contributed by atoms with E-state index in [2.05, 4.69) is 37.1 Å². The van der Waals surface area contributed by atoms with Crippen LogP contribution in [0.2, 0.25) is 0 Å². The van der Waals surface area contributed by atoms with Gasteiger partial charge in [-0.15, -0.1) is 0 Å². The van der Waals surface area contributed by atoms with Gasteiger partial charge in [0.15, 0.2) is 0 Å². The fourth-order valence-corrected chi connectivity index (χ4v) is 5.03. The number of aromatic amines is 1. The molecule has 2 aromatic rings. The van der Waals surface area contributed by atoms with E-state index in [0.717, 1.165) is 21.1 Å². The molecule has 0 spiro atoms. The van der Waals surface area contributed by atoms with Gasteiger partial charge in [0.2, 0.25) is 10.0 Å².